The Morgan fingerprint density at radius 3 is 2.51 bits per heavy atom. The van der Waals surface area contributed by atoms with Gasteiger partial charge in [0.05, 0.1) is 17.8 Å². The molecule has 2 aliphatic heterocycles. The van der Waals surface area contributed by atoms with E-state index in [1.807, 2.05) is 20.0 Å². The molecule has 1 aromatic carbocycles. The van der Waals surface area contributed by atoms with Crippen LogP contribution in [0.25, 0.3) is 5.57 Å². The second-order valence-electron chi connectivity index (χ2n) is 12.2. The molecule has 39 heavy (non-hydrogen) atoms. The van der Waals surface area contributed by atoms with Crippen LogP contribution in [0.5, 0.6) is 0 Å². The van der Waals surface area contributed by atoms with Gasteiger partial charge in [0, 0.05) is 35.8 Å². The third-order valence-corrected chi connectivity index (χ3v) is 8.56. The maximum atomic E-state index is 10.1. The number of allylic oxidation sites excluding steroid dienone is 4. The minimum absolute atomic E-state index is 0.115. The molecule has 2 bridgehead atoms. The van der Waals surface area contributed by atoms with Crippen LogP contribution in [0.15, 0.2) is 73.6 Å². The molecule has 4 nitrogen and oxygen atoms in total. The Balaban J connectivity index is 0.000000360. The highest BCUT2D eigenvalue weighted by molar-refractivity contribution is 5.77. The molecule has 0 radical (unpaired) electrons. The van der Waals surface area contributed by atoms with Gasteiger partial charge in [-0.25, -0.2) is 0 Å². The fourth-order valence-corrected chi connectivity index (χ4v) is 6.10. The van der Waals surface area contributed by atoms with E-state index in [0.717, 1.165) is 56.2 Å². The zero-order valence-corrected chi connectivity index (χ0v) is 24.5. The van der Waals surface area contributed by atoms with E-state index in [2.05, 4.69) is 74.4 Å². The predicted molar refractivity (Wildman–Crippen MR) is 166 cm³/mol. The molecule has 0 amide bonds. The molecule has 0 saturated carbocycles. The first-order chi connectivity index (χ1) is 18.5. The summed E-state index contributed by atoms with van der Waals surface area (Å²) in [5.74, 6) is 2.89. The van der Waals surface area contributed by atoms with E-state index in [-0.39, 0.29) is 17.8 Å². The molecule has 3 N–H and O–H groups in total. The van der Waals surface area contributed by atoms with E-state index >= 15 is 0 Å². The van der Waals surface area contributed by atoms with Crippen molar-refractivity contribution >= 4 is 11.3 Å². The van der Waals surface area contributed by atoms with Crippen LogP contribution in [0, 0.1) is 17.8 Å². The SMILES string of the molecule is C#C/C(C)=C/NC(=C)C=C.C=CCC12CCC(CO)(CC(c3ccc(NC)c(C4=CCC(C)(C)CC4)c3)C1)O2. The Labute approximate surface area is 237 Å². The molecule has 3 atom stereocenters. The average Bonchev–Trinajstić information content (AvgIpc) is 3.21. The molecule has 2 fully saturated rings. The fraction of sp³-hybridized carbons (Fsp3) is 0.486. The number of aliphatic hydroxyl groups excluding tert-OH is 1. The summed E-state index contributed by atoms with van der Waals surface area (Å²) in [6.07, 6.45) is 21.2. The number of nitrogens with one attached hydrogen (secondary N) is 2. The van der Waals surface area contributed by atoms with E-state index in [1.165, 1.54) is 28.8 Å². The van der Waals surface area contributed by atoms with Crippen molar-refractivity contribution in [2.24, 2.45) is 5.41 Å². The first-order valence-corrected chi connectivity index (χ1v) is 14.2. The molecular weight excluding hydrogens is 480 g/mol. The molecule has 0 spiro atoms. The number of aliphatic hydroxyl groups is 1. The van der Waals surface area contributed by atoms with Crippen molar-refractivity contribution in [2.75, 3.05) is 19.0 Å². The van der Waals surface area contributed by atoms with Crippen LogP contribution in [0.1, 0.15) is 89.2 Å². The largest absolute Gasteiger partial charge is 0.393 e. The Morgan fingerprint density at radius 1 is 1.21 bits per heavy atom. The Kier molecular flexibility index (Phi) is 10.1. The van der Waals surface area contributed by atoms with Gasteiger partial charge >= 0.3 is 0 Å². The molecule has 0 aromatic heterocycles. The predicted octanol–water partition coefficient (Wildman–Crippen LogP) is 7.87. The quantitative estimate of drug-likeness (QED) is 0.173. The number of fused-ring (bicyclic) bond motifs is 2. The second kappa shape index (κ2) is 12.9. The van der Waals surface area contributed by atoms with Crippen LogP contribution in [0.4, 0.5) is 5.69 Å². The van der Waals surface area contributed by atoms with Gasteiger partial charge in [0.1, 0.15) is 0 Å². The van der Waals surface area contributed by atoms with Crippen molar-refractivity contribution < 1.29 is 9.84 Å². The molecule has 210 valence electrons. The third kappa shape index (κ3) is 7.56. The van der Waals surface area contributed by atoms with Crippen LogP contribution in [-0.2, 0) is 4.74 Å². The number of benzene rings is 1. The van der Waals surface area contributed by atoms with Crippen molar-refractivity contribution in [1.29, 1.82) is 0 Å². The number of hydrogen-bond donors (Lipinski definition) is 3. The minimum atomic E-state index is -0.373. The first kappa shape index (κ1) is 30.5. The summed E-state index contributed by atoms with van der Waals surface area (Å²) in [7, 11) is 2.01. The van der Waals surface area contributed by atoms with E-state index in [4.69, 9.17) is 11.2 Å². The van der Waals surface area contributed by atoms with Crippen LogP contribution < -0.4 is 10.6 Å². The second-order valence-corrected chi connectivity index (χ2v) is 12.2. The first-order valence-electron chi connectivity index (χ1n) is 14.2. The summed E-state index contributed by atoms with van der Waals surface area (Å²) in [6, 6.07) is 6.94. The van der Waals surface area contributed by atoms with Crippen molar-refractivity contribution in [3.8, 4) is 12.3 Å². The zero-order chi connectivity index (χ0) is 28.7. The lowest BCUT2D eigenvalue weighted by atomic mass is 9.75. The Hall–Kier alpha value is -3.00. The van der Waals surface area contributed by atoms with Gasteiger partial charge in [-0.05, 0) is 99.0 Å². The normalized spacial score (nSPS) is 27.2. The molecule has 3 aliphatic rings. The van der Waals surface area contributed by atoms with Gasteiger partial charge in [-0.2, -0.15) is 0 Å². The van der Waals surface area contributed by atoms with Gasteiger partial charge in [0.15, 0.2) is 0 Å². The summed E-state index contributed by atoms with van der Waals surface area (Å²) in [5.41, 5.74) is 6.90. The summed E-state index contributed by atoms with van der Waals surface area (Å²) in [5, 5.41) is 16.4. The highest BCUT2D eigenvalue weighted by Crippen LogP contribution is 2.55. The number of anilines is 1. The Morgan fingerprint density at radius 2 is 1.92 bits per heavy atom. The van der Waals surface area contributed by atoms with Crippen molar-refractivity contribution in [3.63, 3.8) is 0 Å². The Bertz CT molecular complexity index is 1170. The molecule has 1 aromatic rings. The molecule has 2 saturated heterocycles. The number of terminal acetylenes is 1. The van der Waals surface area contributed by atoms with Gasteiger partial charge in [-0.15, -0.1) is 13.0 Å². The van der Waals surface area contributed by atoms with Crippen molar-refractivity contribution in [1.82, 2.24) is 5.32 Å². The van der Waals surface area contributed by atoms with E-state index in [0.29, 0.717) is 11.3 Å². The van der Waals surface area contributed by atoms with Gasteiger partial charge in [-0.1, -0.05) is 51.1 Å². The van der Waals surface area contributed by atoms with Gasteiger partial charge in [0.25, 0.3) is 0 Å². The average molecular weight is 529 g/mol. The van der Waals surface area contributed by atoms with E-state index in [1.54, 1.807) is 12.3 Å². The maximum Gasteiger partial charge on any atom is 0.0926 e. The molecular formula is C35H48N2O2. The molecule has 4 rings (SSSR count). The molecule has 3 unspecified atom stereocenters. The number of ether oxygens (including phenoxy) is 1. The smallest absolute Gasteiger partial charge is 0.0926 e. The lowest BCUT2D eigenvalue weighted by molar-refractivity contribution is -0.161. The summed E-state index contributed by atoms with van der Waals surface area (Å²) in [6.45, 7) is 17.8. The summed E-state index contributed by atoms with van der Waals surface area (Å²) >= 11 is 0. The fourth-order valence-electron chi connectivity index (χ4n) is 6.10. The van der Waals surface area contributed by atoms with Gasteiger partial charge < -0.3 is 20.5 Å². The summed E-state index contributed by atoms with van der Waals surface area (Å²) in [4.78, 5) is 0. The highest BCUT2D eigenvalue weighted by atomic mass is 16.5. The number of rotatable bonds is 9. The number of hydrogen-bond acceptors (Lipinski definition) is 4. The zero-order valence-electron chi connectivity index (χ0n) is 24.5. The van der Waals surface area contributed by atoms with Crippen molar-refractivity contribution in [3.05, 3.63) is 84.8 Å². The van der Waals surface area contributed by atoms with E-state index < -0.39 is 0 Å². The van der Waals surface area contributed by atoms with Crippen LogP contribution >= 0.6 is 0 Å². The molecule has 4 heteroatoms. The minimum Gasteiger partial charge on any atom is -0.393 e. The van der Waals surface area contributed by atoms with Crippen LogP contribution in [0.3, 0.4) is 0 Å². The van der Waals surface area contributed by atoms with Crippen LogP contribution in [-0.4, -0.2) is 30.0 Å². The molecule has 2 heterocycles. The monoisotopic (exact) mass is 528 g/mol. The highest BCUT2D eigenvalue weighted by Gasteiger charge is 2.54. The lowest BCUT2D eigenvalue weighted by Crippen LogP contribution is -2.45. The van der Waals surface area contributed by atoms with Crippen molar-refractivity contribution in [2.45, 2.75) is 89.3 Å². The standard InChI is InChI=1S/C26H37NO2.C9H11N/c1-5-10-25-13-14-26(18-28,29-25)17-21(16-25)20-6-7-23(27-4)22(15-20)19-8-11-24(2,3)12-9-19;1-5-8(3)7-10-9(4)6-2/h5-8,15,21,27-28H,1,9-14,16-18H2,2-4H3;1,6-7,10H,2,4H2,3H3/b;8-7+. The van der Waals surface area contributed by atoms with Gasteiger partial charge in [0.2, 0.25) is 0 Å². The lowest BCUT2D eigenvalue weighted by Gasteiger charge is -2.43. The molecule has 1 aliphatic carbocycles. The van der Waals surface area contributed by atoms with E-state index in [9.17, 15) is 5.11 Å². The topological polar surface area (TPSA) is 53.5 Å². The summed E-state index contributed by atoms with van der Waals surface area (Å²) < 4.78 is 6.48. The maximum absolute atomic E-state index is 10.1. The van der Waals surface area contributed by atoms with Gasteiger partial charge in [-0.3, -0.25) is 0 Å². The van der Waals surface area contributed by atoms with Crippen LogP contribution in [0.2, 0.25) is 0 Å². The third-order valence-electron chi connectivity index (χ3n) is 8.56.